The Kier molecular flexibility index (Phi) is 4.38. The van der Waals surface area contributed by atoms with Gasteiger partial charge in [0.2, 0.25) is 5.91 Å². The molecule has 114 valence electrons. The van der Waals surface area contributed by atoms with Crippen LogP contribution in [0.5, 0.6) is 0 Å². The zero-order chi connectivity index (χ0) is 15.9. The Labute approximate surface area is 138 Å². The summed E-state index contributed by atoms with van der Waals surface area (Å²) in [4.78, 5) is 15.4. The molecular weight excluding hydrogens is 329 g/mol. The van der Waals surface area contributed by atoms with Gasteiger partial charge in [-0.3, -0.25) is 4.79 Å². The van der Waals surface area contributed by atoms with Crippen molar-refractivity contribution in [3.63, 3.8) is 0 Å². The Bertz CT molecular complexity index is 758. The minimum atomic E-state index is -0.456. The van der Waals surface area contributed by atoms with Crippen molar-refractivity contribution in [3.05, 3.63) is 26.9 Å². The van der Waals surface area contributed by atoms with Gasteiger partial charge >= 0.3 is 0 Å². The second kappa shape index (κ2) is 5.63. The van der Waals surface area contributed by atoms with Crippen molar-refractivity contribution in [2.24, 2.45) is 0 Å². The maximum absolute atomic E-state index is 12.4. The first-order chi connectivity index (χ1) is 9.60. The molecule has 0 aliphatic carbocycles. The minimum Gasteiger partial charge on any atom is -0.350 e. The average molecular weight is 346 g/mol. The molecule has 2 rings (SSSR count). The SMILES string of the molecule is CC(C(=O)NC(C)(C)C)n1c(=S)[nH]c2cc(Cl)c(Cl)cc21. The number of carbonyl (C=O) groups is 1. The molecule has 1 atom stereocenters. The number of rotatable bonds is 2. The topological polar surface area (TPSA) is 49.8 Å². The fraction of sp³-hybridized carbons (Fsp3) is 0.429. The Morgan fingerprint density at radius 1 is 1.33 bits per heavy atom. The third-order valence-corrected chi connectivity index (χ3v) is 4.04. The molecule has 0 aliphatic heterocycles. The fourth-order valence-electron chi connectivity index (χ4n) is 2.10. The van der Waals surface area contributed by atoms with Gasteiger partial charge < -0.3 is 14.9 Å². The van der Waals surface area contributed by atoms with E-state index < -0.39 is 6.04 Å². The number of aromatic nitrogens is 2. The first-order valence-corrected chi connectivity index (χ1v) is 7.68. The quantitative estimate of drug-likeness (QED) is 0.788. The third-order valence-electron chi connectivity index (χ3n) is 3.02. The van der Waals surface area contributed by atoms with E-state index in [1.54, 1.807) is 23.6 Å². The maximum Gasteiger partial charge on any atom is 0.243 e. The Morgan fingerprint density at radius 3 is 2.48 bits per heavy atom. The normalized spacial score (nSPS) is 13.4. The lowest BCUT2D eigenvalue weighted by Crippen LogP contribution is -2.43. The summed E-state index contributed by atoms with van der Waals surface area (Å²) in [6.07, 6.45) is 0. The number of nitrogens with one attached hydrogen (secondary N) is 2. The third kappa shape index (κ3) is 3.42. The van der Waals surface area contributed by atoms with Gasteiger partial charge in [0.15, 0.2) is 4.77 Å². The molecule has 1 unspecified atom stereocenters. The van der Waals surface area contributed by atoms with E-state index in [2.05, 4.69) is 10.3 Å². The zero-order valence-corrected chi connectivity index (χ0v) is 14.6. The number of amides is 1. The number of hydrogen-bond donors (Lipinski definition) is 2. The molecule has 4 nitrogen and oxygen atoms in total. The maximum atomic E-state index is 12.4. The lowest BCUT2D eigenvalue weighted by atomic mass is 10.1. The van der Waals surface area contributed by atoms with Crippen LogP contribution < -0.4 is 5.32 Å². The van der Waals surface area contributed by atoms with Crippen LogP contribution in [0.4, 0.5) is 0 Å². The number of benzene rings is 1. The van der Waals surface area contributed by atoms with Gasteiger partial charge in [0.25, 0.3) is 0 Å². The molecule has 1 aromatic carbocycles. The number of H-pyrrole nitrogens is 1. The molecule has 0 aliphatic rings. The lowest BCUT2D eigenvalue weighted by Gasteiger charge is -2.24. The highest BCUT2D eigenvalue weighted by Crippen LogP contribution is 2.29. The van der Waals surface area contributed by atoms with Crippen LogP contribution in [0, 0.1) is 4.77 Å². The van der Waals surface area contributed by atoms with Crippen molar-refractivity contribution in [2.45, 2.75) is 39.3 Å². The number of carbonyl (C=O) groups excluding carboxylic acids is 1. The standard InChI is InChI=1S/C14H17Cl2N3OS/c1-7(12(20)18-14(2,3)4)19-11-6-9(16)8(15)5-10(11)17-13(19)21/h5-7H,1-4H3,(H,17,21)(H,18,20). The van der Waals surface area contributed by atoms with Crippen LogP contribution in [-0.4, -0.2) is 21.0 Å². The van der Waals surface area contributed by atoms with Crippen LogP contribution >= 0.6 is 35.4 Å². The minimum absolute atomic E-state index is 0.106. The van der Waals surface area contributed by atoms with Crippen molar-refractivity contribution in [2.75, 3.05) is 0 Å². The average Bonchev–Trinajstić information content (AvgIpc) is 2.62. The van der Waals surface area contributed by atoms with Crippen molar-refractivity contribution in [1.82, 2.24) is 14.9 Å². The van der Waals surface area contributed by atoms with E-state index in [-0.39, 0.29) is 11.4 Å². The van der Waals surface area contributed by atoms with Gasteiger partial charge in [-0.1, -0.05) is 23.2 Å². The van der Waals surface area contributed by atoms with Crippen LogP contribution in [0.2, 0.25) is 10.0 Å². The highest BCUT2D eigenvalue weighted by molar-refractivity contribution is 7.71. The van der Waals surface area contributed by atoms with E-state index in [1.165, 1.54) is 0 Å². The van der Waals surface area contributed by atoms with Gasteiger partial charge in [-0.15, -0.1) is 0 Å². The predicted octanol–water partition coefficient (Wildman–Crippen LogP) is 4.48. The summed E-state index contributed by atoms with van der Waals surface area (Å²) < 4.78 is 2.20. The second-order valence-electron chi connectivity index (χ2n) is 6.00. The second-order valence-corrected chi connectivity index (χ2v) is 7.20. The van der Waals surface area contributed by atoms with Crippen LogP contribution in [0.1, 0.15) is 33.7 Å². The predicted molar refractivity (Wildman–Crippen MR) is 89.7 cm³/mol. The van der Waals surface area contributed by atoms with Gasteiger partial charge in [0.1, 0.15) is 6.04 Å². The van der Waals surface area contributed by atoms with E-state index in [1.807, 2.05) is 20.8 Å². The Hall–Kier alpha value is -1.04. The molecule has 0 fully saturated rings. The summed E-state index contributed by atoms with van der Waals surface area (Å²) in [7, 11) is 0. The van der Waals surface area contributed by atoms with Crippen molar-refractivity contribution in [1.29, 1.82) is 0 Å². The fourth-order valence-corrected chi connectivity index (χ4v) is 2.78. The number of aromatic amines is 1. The van der Waals surface area contributed by atoms with Gasteiger partial charge in [0.05, 0.1) is 21.1 Å². The summed E-state index contributed by atoms with van der Waals surface area (Å²) in [5, 5.41) is 3.82. The number of imidazole rings is 1. The Balaban J connectivity index is 2.51. The van der Waals surface area contributed by atoms with Gasteiger partial charge in [-0.05, 0) is 52.0 Å². The van der Waals surface area contributed by atoms with Crippen molar-refractivity contribution < 1.29 is 4.79 Å². The van der Waals surface area contributed by atoms with Crippen LogP contribution in [0.15, 0.2) is 12.1 Å². The number of nitrogens with zero attached hydrogens (tertiary/aromatic N) is 1. The van der Waals surface area contributed by atoms with E-state index in [4.69, 9.17) is 35.4 Å². The van der Waals surface area contributed by atoms with E-state index in [0.717, 1.165) is 11.0 Å². The highest BCUT2D eigenvalue weighted by atomic mass is 35.5. The van der Waals surface area contributed by atoms with Crippen molar-refractivity contribution >= 4 is 52.4 Å². The molecule has 7 heteroatoms. The summed E-state index contributed by atoms with van der Waals surface area (Å²) in [5.41, 5.74) is 1.20. The molecule has 0 saturated carbocycles. The number of fused-ring (bicyclic) bond motifs is 1. The van der Waals surface area contributed by atoms with Crippen LogP contribution in [-0.2, 0) is 4.79 Å². The largest absolute Gasteiger partial charge is 0.350 e. The molecule has 1 heterocycles. The molecule has 0 saturated heterocycles. The summed E-state index contributed by atoms with van der Waals surface area (Å²) in [5.74, 6) is -0.106. The smallest absolute Gasteiger partial charge is 0.243 e. The molecule has 0 spiro atoms. The molecule has 2 N–H and O–H groups in total. The summed E-state index contributed by atoms with van der Waals surface area (Å²) in [6, 6.07) is 2.97. The molecule has 0 radical (unpaired) electrons. The first kappa shape index (κ1) is 16.3. The van der Waals surface area contributed by atoms with Gasteiger partial charge in [-0.25, -0.2) is 0 Å². The van der Waals surface area contributed by atoms with Crippen molar-refractivity contribution in [3.8, 4) is 0 Å². The molecule has 1 amide bonds. The number of halogens is 2. The van der Waals surface area contributed by atoms with Crippen LogP contribution in [0.3, 0.4) is 0 Å². The molecule has 1 aromatic heterocycles. The number of hydrogen-bond acceptors (Lipinski definition) is 2. The lowest BCUT2D eigenvalue weighted by molar-refractivity contribution is -0.125. The molecule has 2 aromatic rings. The van der Waals surface area contributed by atoms with E-state index in [9.17, 15) is 4.79 Å². The van der Waals surface area contributed by atoms with Gasteiger partial charge in [-0.2, -0.15) is 0 Å². The van der Waals surface area contributed by atoms with E-state index >= 15 is 0 Å². The van der Waals surface area contributed by atoms with Gasteiger partial charge in [0, 0.05) is 5.54 Å². The first-order valence-electron chi connectivity index (χ1n) is 6.51. The summed E-state index contributed by atoms with van der Waals surface area (Å²) >= 11 is 17.4. The van der Waals surface area contributed by atoms with Crippen LogP contribution in [0.25, 0.3) is 11.0 Å². The zero-order valence-electron chi connectivity index (χ0n) is 12.3. The summed E-state index contributed by atoms with van der Waals surface area (Å²) in [6.45, 7) is 7.60. The highest BCUT2D eigenvalue weighted by Gasteiger charge is 2.23. The molecule has 21 heavy (non-hydrogen) atoms. The molecular formula is C14H17Cl2N3OS. The monoisotopic (exact) mass is 345 g/mol. The molecule has 0 bridgehead atoms. The Morgan fingerprint density at radius 2 is 1.90 bits per heavy atom. The van der Waals surface area contributed by atoms with E-state index in [0.29, 0.717) is 14.8 Å².